The summed E-state index contributed by atoms with van der Waals surface area (Å²) in [7, 11) is 0. The normalized spacial score (nSPS) is 10.8. The molecule has 4 rings (SSSR count). The number of carbonyl (C=O) groups excluding carboxylic acids is 1. The van der Waals surface area contributed by atoms with Gasteiger partial charge in [0.2, 0.25) is 5.88 Å². The largest absolute Gasteiger partial charge is 0.438 e. The van der Waals surface area contributed by atoms with E-state index in [0.717, 1.165) is 21.3 Å². The number of nitrogens with zero attached hydrogens (tertiary/aromatic N) is 2. The van der Waals surface area contributed by atoms with Gasteiger partial charge >= 0.3 is 0 Å². The summed E-state index contributed by atoms with van der Waals surface area (Å²) in [5.41, 5.74) is 2.59. The molecule has 0 radical (unpaired) electrons. The molecule has 4 nitrogen and oxygen atoms in total. The van der Waals surface area contributed by atoms with Crippen LogP contribution in [0.15, 0.2) is 60.2 Å². The highest BCUT2D eigenvalue weighted by molar-refractivity contribution is 7.17. The fourth-order valence-electron chi connectivity index (χ4n) is 2.66. The molecule has 0 fully saturated rings. The van der Waals surface area contributed by atoms with Crippen LogP contribution in [0.2, 0.25) is 5.02 Å². The lowest BCUT2D eigenvalue weighted by Gasteiger charge is -2.08. The van der Waals surface area contributed by atoms with E-state index in [1.54, 1.807) is 24.3 Å². The van der Waals surface area contributed by atoms with E-state index in [2.05, 4.69) is 9.97 Å². The van der Waals surface area contributed by atoms with E-state index in [4.69, 9.17) is 16.3 Å². The molecule has 0 aliphatic carbocycles. The number of ether oxygens (including phenoxy) is 1. The molecular weight excluding hydrogens is 368 g/mol. The van der Waals surface area contributed by atoms with E-state index in [0.29, 0.717) is 22.2 Å². The van der Waals surface area contributed by atoms with Crippen molar-refractivity contribution >= 4 is 38.9 Å². The Kier molecular flexibility index (Phi) is 4.41. The maximum atomic E-state index is 11.6. The summed E-state index contributed by atoms with van der Waals surface area (Å²) in [5, 5.41) is 3.55. The Morgan fingerprint density at radius 1 is 1.12 bits per heavy atom. The number of halogens is 1. The molecule has 2 aromatic carbocycles. The molecule has 0 N–H and O–H groups in total. The minimum absolute atomic E-state index is 0.0133. The van der Waals surface area contributed by atoms with Crippen molar-refractivity contribution in [2.24, 2.45) is 0 Å². The molecule has 0 unspecified atom stereocenters. The summed E-state index contributed by atoms with van der Waals surface area (Å²) in [6.45, 7) is 1.53. The van der Waals surface area contributed by atoms with E-state index in [-0.39, 0.29) is 5.78 Å². The summed E-state index contributed by atoms with van der Waals surface area (Å²) >= 11 is 7.52. The molecule has 0 spiro atoms. The van der Waals surface area contributed by atoms with Crippen LogP contribution in [-0.4, -0.2) is 15.8 Å². The van der Waals surface area contributed by atoms with Crippen molar-refractivity contribution < 1.29 is 9.53 Å². The number of thiophene rings is 1. The van der Waals surface area contributed by atoms with Crippen molar-refractivity contribution in [2.75, 3.05) is 0 Å². The maximum absolute atomic E-state index is 11.6. The van der Waals surface area contributed by atoms with Gasteiger partial charge in [-0.2, -0.15) is 0 Å². The smallest absolute Gasteiger partial charge is 0.231 e. The number of carbonyl (C=O) groups is 1. The van der Waals surface area contributed by atoms with Crippen LogP contribution in [0.25, 0.3) is 21.3 Å². The monoisotopic (exact) mass is 380 g/mol. The molecule has 128 valence electrons. The van der Waals surface area contributed by atoms with E-state index >= 15 is 0 Å². The fourth-order valence-corrected chi connectivity index (χ4v) is 3.69. The van der Waals surface area contributed by atoms with Crippen LogP contribution >= 0.6 is 22.9 Å². The van der Waals surface area contributed by atoms with E-state index in [9.17, 15) is 4.79 Å². The number of ketones is 1. The highest BCUT2D eigenvalue weighted by Crippen LogP contribution is 2.39. The van der Waals surface area contributed by atoms with Crippen molar-refractivity contribution in [3.05, 3.63) is 70.8 Å². The van der Waals surface area contributed by atoms with Gasteiger partial charge in [-0.25, -0.2) is 9.97 Å². The first-order valence-corrected chi connectivity index (χ1v) is 9.14. The molecule has 2 heterocycles. The maximum Gasteiger partial charge on any atom is 0.231 e. The van der Waals surface area contributed by atoms with Gasteiger partial charge in [-0.3, -0.25) is 4.79 Å². The number of aromatic nitrogens is 2. The average molecular weight is 381 g/mol. The summed E-state index contributed by atoms with van der Waals surface area (Å²) in [4.78, 5) is 21.1. The molecule has 0 saturated carbocycles. The number of hydrogen-bond acceptors (Lipinski definition) is 5. The first-order valence-electron chi connectivity index (χ1n) is 7.89. The molecule has 0 aliphatic rings. The molecule has 0 bridgehead atoms. The molecule has 4 aromatic rings. The molecular formula is C20H13ClN2O2S. The lowest BCUT2D eigenvalue weighted by Crippen LogP contribution is -1.94. The van der Waals surface area contributed by atoms with Gasteiger partial charge in [0, 0.05) is 21.5 Å². The number of rotatable bonds is 4. The van der Waals surface area contributed by atoms with Crippen molar-refractivity contribution in [2.45, 2.75) is 6.92 Å². The third-order valence-corrected chi connectivity index (χ3v) is 5.08. The fraction of sp³-hybridized carbons (Fsp3) is 0.0500. The van der Waals surface area contributed by atoms with Gasteiger partial charge in [0.15, 0.2) is 5.78 Å². The minimum Gasteiger partial charge on any atom is -0.438 e. The number of Topliss-reactive ketones (excluding diaryl/α,β-unsaturated/α-hetero) is 1. The number of hydrogen-bond donors (Lipinski definition) is 0. The quantitative estimate of drug-likeness (QED) is 0.407. The number of benzene rings is 2. The average Bonchev–Trinajstić information content (AvgIpc) is 3.08. The van der Waals surface area contributed by atoms with Crippen molar-refractivity contribution in [1.82, 2.24) is 9.97 Å². The zero-order chi connectivity index (χ0) is 18.1. The van der Waals surface area contributed by atoms with Crippen LogP contribution in [0.5, 0.6) is 11.6 Å². The van der Waals surface area contributed by atoms with Gasteiger partial charge in [-0.1, -0.05) is 35.9 Å². The Morgan fingerprint density at radius 3 is 2.69 bits per heavy atom. The van der Waals surface area contributed by atoms with Gasteiger partial charge < -0.3 is 4.74 Å². The van der Waals surface area contributed by atoms with Crippen LogP contribution in [0.1, 0.15) is 17.3 Å². The highest BCUT2D eigenvalue weighted by Gasteiger charge is 2.15. The minimum atomic E-state index is -0.0133. The van der Waals surface area contributed by atoms with Crippen LogP contribution in [-0.2, 0) is 0 Å². The molecule has 2 aromatic heterocycles. The van der Waals surface area contributed by atoms with Gasteiger partial charge in [-0.15, -0.1) is 11.3 Å². The first kappa shape index (κ1) is 16.7. The second-order valence-corrected chi connectivity index (χ2v) is 7.00. The van der Waals surface area contributed by atoms with Gasteiger partial charge in [0.05, 0.1) is 5.39 Å². The Labute approximate surface area is 159 Å². The lowest BCUT2D eigenvalue weighted by molar-refractivity contribution is 0.101. The van der Waals surface area contributed by atoms with Crippen molar-refractivity contribution in [1.29, 1.82) is 0 Å². The van der Waals surface area contributed by atoms with Crippen LogP contribution < -0.4 is 4.74 Å². The van der Waals surface area contributed by atoms with Crippen LogP contribution in [0, 0.1) is 0 Å². The Balaban J connectivity index is 1.80. The third kappa shape index (κ3) is 3.19. The second-order valence-electron chi connectivity index (χ2n) is 5.70. The summed E-state index contributed by atoms with van der Waals surface area (Å²) in [6.07, 6.45) is 1.48. The van der Waals surface area contributed by atoms with E-state index in [1.807, 2.05) is 29.6 Å². The standard InChI is InChI=1S/C20H13ClN2O2S/c1-12(24)14-3-2-4-16(9-14)25-19-18-17(10-26-20(18)23-11-22-19)13-5-7-15(21)8-6-13/h2-11H,1H3. The van der Waals surface area contributed by atoms with Crippen LogP contribution in [0.3, 0.4) is 0 Å². The molecule has 0 atom stereocenters. The first-order chi connectivity index (χ1) is 12.6. The molecule has 0 saturated heterocycles. The summed E-state index contributed by atoms with van der Waals surface area (Å²) in [6, 6.07) is 14.7. The lowest BCUT2D eigenvalue weighted by atomic mass is 10.1. The van der Waals surface area contributed by atoms with Gasteiger partial charge in [0.25, 0.3) is 0 Å². The number of fused-ring (bicyclic) bond motifs is 1. The molecule has 6 heteroatoms. The zero-order valence-electron chi connectivity index (χ0n) is 13.8. The highest BCUT2D eigenvalue weighted by atomic mass is 35.5. The summed E-state index contributed by atoms with van der Waals surface area (Å²) < 4.78 is 6.00. The predicted molar refractivity (Wildman–Crippen MR) is 104 cm³/mol. The van der Waals surface area contributed by atoms with E-state index in [1.165, 1.54) is 24.6 Å². The second kappa shape index (κ2) is 6.86. The van der Waals surface area contributed by atoms with Crippen molar-refractivity contribution in [3.8, 4) is 22.8 Å². The van der Waals surface area contributed by atoms with Gasteiger partial charge in [-0.05, 0) is 36.8 Å². The SMILES string of the molecule is CC(=O)c1cccc(Oc2ncnc3scc(-c4ccc(Cl)cc4)c23)c1. The Hall–Kier alpha value is -2.76. The zero-order valence-corrected chi connectivity index (χ0v) is 15.3. The van der Waals surface area contributed by atoms with Gasteiger partial charge in [0.1, 0.15) is 16.9 Å². The van der Waals surface area contributed by atoms with Crippen LogP contribution in [0.4, 0.5) is 0 Å². The predicted octanol–water partition coefficient (Wildman–Crippen LogP) is 6.01. The Bertz CT molecular complexity index is 1110. The van der Waals surface area contributed by atoms with E-state index < -0.39 is 0 Å². The molecule has 0 aliphatic heterocycles. The third-order valence-electron chi connectivity index (χ3n) is 3.95. The van der Waals surface area contributed by atoms with Crippen molar-refractivity contribution in [3.63, 3.8) is 0 Å². The molecule has 26 heavy (non-hydrogen) atoms. The summed E-state index contributed by atoms with van der Waals surface area (Å²) in [5.74, 6) is 1.01. The topological polar surface area (TPSA) is 52.1 Å². The Morgan fingerprint density at radius 2 is 1.92 bits per heavy atom. The molecule has 0 amide bonds.